The molecule has 10 heteroatoms. The molecule has 1 aliphatic rings. The zero-order valence-corrected chi connectivity index (χ0v) is 21.7. The van der Waals surface area contributed by atoms with Gasteiger partial charge in [-0.15, -0.1) is 0 Å². The Hall–Kier alpha value is -3.37. The summed E-state index contributed by atoms with van der Waals surface area (Å²) in [5, 5.41) is 0. The number of hydrogen-bond donors (Lipinski definition) is 0. The Morgan fingerprint density at radius 3 is 1.88 bits per heavy atom. The summed E-state index contributed by atoms with van der Waals surface area (Å²) in [7, 11) is 1.42. The van der Waals surface area contributed by atoms with Gasteiger partial charge in [0, 0.05) is 32.0 Å². The van der Waals surface area contributed by atoms with Crippen LogP contribution in [0.15, 0.2) is 78.9 Å². The van der Waals surface area contributed by atoms with Crippen molar-refractivity contribution in [3.63, 3.8) is 0 Å². The molecule has 0 aromatic heterocycles. The van der Waals surface area contributed by atoms with Crippen molar-refractivity contribution in [3.05, 3.63) is 107 Å². The largest absolute Gasteiger partial charge is 0.416 e. The highest BCUT2D eigenvalue weighted by atomic mass is 19.4. The van der Waals surface area contributed by atoms with Crippen molar-refractivity contribution in [2.75, 3.05) is 26.8 Å². The third-order valence-corrected chi connectivity index (χ3v) is 7.07. The van der Waals surface area contributed by atoms with Crippen molar-refractivity contribution < 1.29 is 40.6 Å². The fourth-order valence-electron chi connectivity index (χ4n) is 5.24. The van der Waals surface area contributed by atoms with E-state index in [4.69, 9.17) is 9.47 Å². The van der Waals surface area contributed by atoms with Crippen molar-refractivity contribution in [3.8, 4) is 0 Å². The van der Waals surface area contributed by atoms with Gasteiger partial charge in [-0.3, -0.25) is 4.79 Å². The molecule has 0 unspecified atom stereocenters. The van der Waals surface area contributed by atoms with Crippen molar-refractivity contribution in [1.82, 2.24) is 4.90 Å². The monoisotopic (exact) mass is 565 g/mol. The number of piperidine rings is 1. The van der Waals surface area contributed by atoms with Crippen molar-refractivity contribution in [2.24, 2.45) is 5.92 Å². The van der Waals surface area contributed by atoms with E-state index in [1.54, 1.807) is 4.90 Å². The van der Waals surface area contributed by atoms with Gasteiger partial charge in [-0.05, 0) is 41.3 Å². The second kappa shape index (κ2) is 12.4. The van der Waals surface area contributed by atoms with E-state index >= 15 is 0 Å². The number of likely N-dealkylation sites (tertiary alicyclic amines) is 1. The molecule has 1 fully saturated rings. The molecule has 1 aliphatic heterocycles. The zero-order valence-electron chi connectivity index (χ0n) is 21.7. The number of carbonyl (C=O) groups excluding carboxylic acids is 1. The Balaban J connectivity index is 1.69. The van der Waals surface area contributed by atoms with E-state index in [1.165, 1.54) is 7.11 Å². The zero-order chi connectivity index (χ0) is 28.9. The quantitative estimate of drug-likeness (QED) is 0.278. The van der Waals surface area contributed by atoms with Crippen LogP contribution in [0.3, 0.4) is 0 Å². The lowest BCUT2D eigenvalue weighted by Crippen LogP contribution is -2.49. The summed E-state index contributed by atoms with van der Waals surface area (Å²) in [5.74, 6) is -0.802. The average molecular weight is 566 g/mol. The molecule has 0 bridgehead atoms. The number of ether oxygens (including phenoxy) is 2. The summed E-state index contributed by atoms with van der Waals surface area (Å²) in [6.45, 7) is 0.0360. The fourth-order valence-corrected chi connectivity index (χ4v) is 5.24. The minimum absolute atomic E-state index is 0.104. The molecule has 4 rings (SSSR count). The van der Waals surface area contributed by atoms with E-state index in [-0.39, 0.29) is 42.5 Å². The summed E-state index contributed by atoms with van der Waals surface area (Å²) in [6, 6.07) is 20.6. The normalized spacial score (nSPS) is 18.2. The first kappa shape index (κ1) is 29.6. The van der Waals surface area contributed by atoms with Crippen LogP contribution in [-0.2, 0) is 33.2 Å². The third kappa shape index (κ3) is 7.22. The van der Waals surface area contributed by atoms with Gasteiger partial charge in [0.25, 0.3) is 0 Å². The van der Waals surface area contributed by atoms with Crippen LogP contribution in [-0.4, -0.2) is 43.7 Å². The van der Waals surface area contributed by atoms with E-state index in [9.17, 15) is 31.1 Å². The molecule has 214 valence electrons. The number of methoxy groups -OCH3 is 1. The first-order valence-electron chi connectivity index (χ1n) is 12.7. The number of benzene rings is 3. The second-order valence-corrected chi connectivity index (χ2v) is 9.79. The van der Waals surface area contributed by atoms with Gasteiger partial charge in [0.2, 0.25) is 5.91 Å². The molecule has 1 amide bonds. The number of nitrogens with zero attached hydrogens (tertiary/aromatic N) is 1. The minimum Gasteiger partial charge on any atom is -0.375 e. The van der Waals surface area contributed by atoms with Crippen molar-refractivity contribution in [1.29, 1.82) is 0 Å². The van der Waals surface area contributed by atoms with Crippen molar-refractivity contribution >= 4 is 5.91 Å². The molecule has 0 spiro atoms. The topological polar surface area (TPSA) is 38.8 Å². The van der Waals surface area contributed by atoms with E-state index in [2.05, 4.69) is 0 Å². The summed E-state index contributed by atoms with van der Waals surface area (Å²) in [6.07, 6.45) is -10.1. The number of carbonyl (C=O) groups is 1. The Morgan fingerprint density at radius 1 is 0.875 bits per heavy atom. The second-order valence-electron chi connectivity index (χ2n) is 9.79. The molecule has 3 aromatic rings. The van der Waals surface area contributed by atoms with Gasteiger partial charge in [-0.25, -0.2) is 0 Å². The van der Waals surface area contributed by atoms with Crippen LogP contribution in [0.2, 0.25) is 0 Å². The smallest absolute Gasteiger partial charge is 0.375 e. The molecule has 2 atom stereocenters. The molecule has 0 radical (unpaired) electrons. The Kier molecular flexibility index (Phi) is 9.20. The molecule has 1 saturated heterocycles. The Bertz CT molecular complexity index is 1190. The first-order chi connectivity index (χ1) is 19.0. The van der Waals surface area contributed by atoms with Crippen LogP contribution in [0, 0.1) is 5.92 Å². The number of alkyl halides is 6. The predicted octanol–water partition coefficient (Wildman–Crippen LogP) is 6.94. The molecular weight excluding hydrogens is 536 g/mol. The lowest BCUT2D eigenvalue weighted by atomic mass is 9.75. The molecule has 0 N–H and O–H groups in total. The van der Waals surface area contributed by atoms with Crippen LogP contribution < -0.4 is 0 Å². The Morgan fingerprint density at radius 2 is 1.40 bits per heavy atom. The third-order valence-electron chi connectivity index (χ3n) is 7.07. The fraction of sp³-hybridized carbons (Fsp3) is 0.367. The maximum absolute atomic E-state index is 13.4. The van der Waals surface area contributed by atoms with E-state index < -0.39 is 36.2 Å². The summed E-state index contributed by atoms with van der Waals surface area (Å²) < 4.78 is 91.5. The summed E-state index contributed by atoms with van der Waals surface area (Å²) in [5.41, 5.74) is -1.10. The number of amides is 1. The predicted molar refractivity (Wildman–Crippen MR) is 136 cm³/mol. The van der Waals surface area contributed by atoms with Crippen LogP contribution in [0.4, 0.5) is 26.3 Å². The van der Waals surface area contributed by atoms with Gasteiger partial charge in [-0.2, -0.15) is 26.3 Å². The summed E-state index contributed by atoms with van der Waals surface area (Å²) in [4.78, 5) is 14.4. The van der Waals surface area contributed by atoms with Crippen molar-refractivity contribution in [2.45, 2.75) is 37.4 Å². The molecule has 0 aliphatic carbocycles. The highest BCUT2D eigenvalue weighted by Crippen LogP contribution is 2.40. The lowest BCUT2D eigenvalue weighted by molar-refractivity contribution is -0.143. The van der Waals surface area contributed by atoms with Gasteiger partial charge in [-0.1, -0.05) is 60.7 Å². The molecule has 4 nitrogen and oxygen atoms in total. The number of halogens is 6. The van der Waals surface area contributed by atoms with Gasteiger partial charge < -0.3 is 14.4 Å². The number of hydrogen-bond acceptors (Lipinski definition) is 3. The molecular formula is C30H29F6NO3. The standard InChI is InChI=1S/C30H29F6NO3/c1-39-19-27(38)37-13-12-26(40-18-20-14-23(29(31,32)33)16-24(15-20)30(34,35)36)25(17-37)28(21-8-4-2-5-9-21)22-10-6-3-7-11-22/h2-11,14-16,25-26,28H,12-13,17-19H2,1H3/t25-,26+/m0/s1. The minimum atomic E-state index is -4.95. The van der Waals surface area contributed by atoms with Gasteiger partial charge in [0.1, 0.15) is 6.61 Å². The maximum atomic E-state index is 13.4. The highest BCUT2D eigenvalue weighted by Gasteiger charge is 2.40. The van der Waals surface area contributed by atoms with Gasteiger partial charge >= 0.3 is 12.4 Å². The molecule has 3 aromatic carbocycles. The Labute approximate surface area is 228 Å². The van der Waals surface area contributed by atoms with E-state index in [0.29, 0.717) is 25.1 Å². The molecule has 1 heterocycles. The lowest BCUT2D eigenvalue weighted by Gasteiger charge is -2.42. The van der Waals surface area contributed by atoms with E-state index in [0.717, 1.165) is 11.1 Å². The molecule has 40 heavy (non-hydrogen) atoms. The van der Waals surface area contributed by atoms with Crippen LogP contribution >= 0.6 is 0 Å². The SMILES string of the molecule is COCC(=O)N1CC[C@@H](OCc2cc(C(F)(F)F)cc(C(F)(F)F)c2)[C@@H](C(c2ccccc2)c2ccccc2)C1. The summed E-state index contributed by atoms with van der Waals surface area (Å²) >= 11 is 0. The van der Waals surface area contributed by atoms with Crippen LogP contribution in [0.5, 0.6) is 0 Å². The maximum Gasteiger partial charge on any atom is 0.416 e. The van der Waals surface area contributed by atoms with Gasteiger partial charge in [0.05, 0.1) is 23.8 Å². The average Bonchev–Trinajstić information content (AvgIpc) is 2.92. The van der Waals surface area contributed by atoms with Crippen LogP contribution in [0.1, 0.15) is 40.2 Å². The molecule has 0 saturated carbocycles. The van der Waals surface area contributed by atoms with E-state index in [1.807, 2.05) is 60.7 Å². The van der Waals surface area contributed by atoms with Crippen LogP contribution in [0.25, 0.3) is 0 Å². The number of rotatable bonds is 8. The first-order valence-corrected chi connectivity index (χ1v) is 12.7. The van der Waals surface area contributed by atoms with Gasteiger partial charge in [0.15, 0.2) is 0 Å². The highest BCUT2D eigenvalue weighted by molar-refractivity contribution is 5.77.